The summed E-state index contributed by atoms with van der Waals surface area (Å²) in [5.74, 6) is 2.42. The number of piperidine rings is 1. The molecule has 0 aromatic heterocycles. The van der Waals surface area contributed by atoms with Gasteiger partial charge in [-0.1, -0.05) is 25.1 Å². The smallest absolute Gasteiger partial charge is 0.191 e. The lowest BCUT2D eigenvalue weighted by Gasteiger charge is -2.31. The van der Waals surface area contributed by atoms with Crippen LogP contribution in [0.5, 0.6) is 5.75 Å². The van der Waals surface area contributed by atoms with E-state index >= 15 is 0 Å². The maximum atomic E-state index is 6.07. The van der Waals surface area contributed by atoms with E-state index in [1.807, 2.05) is 18.2 Å². The molecule has 1 fully saturated rings. The van der Waals surface area contributed by atoms with Gasteiger partial charge in [-0.05, 0) is 36.8 Å². The minimum Gasteiger partial charge on any atom is -0.496 e. The topological polar surface area (TPSA) is 50.9 Å². The normalized spacial score (nSPS) is 16.5. The first-order valence-electron chi connectivity index (χ1n) is 7.37. The van der Waals surface area contributed by atoms with Gasteiger partial charge in [0.1, 0.15) is 5.75 Å². The van der Waals surface area contributed by atoms with Crippen LogP contribution in [0.1, 0.15) is 25.3 Å². The minimum absolute atomic E-state index is 0. The van der Waals surface area contributed by atoms with E-state index in [-0.39, 0.29) is 24.0 Å². The van der Waals surface area contributed by atoms with Crippen molar-refractivity contribution in [3.05, 3.63) is 29.8 Å². The van der Waals surface area contributed by atoms with Gasteiger partial charge in [0.25, 0.3) is 0 Å². The summed E-state index contributed by atoms with van der Waals surface area (Å²) >= 11 is 0. The number of para-hydroxylation sites is 1. The average molecular weight is 403 g/mol. The zero-order chi connectivity index (χ0) is 14.4. The number of rotatable bonds is 4. The summed E-state index contributed by atoms with van der Waals surface area (Å²) in [4.78, 5) is 6.71. The van der Waals surface area contributed by atoms with Gasteiger partial charge in [0.05, 0.1) is 7.11 Å². The van der Waals surface area contributed by atoms with Crippen LogP contribution in [0.15, 0.2) is 29.3 Å². The predicted molar refractivity (Wildman–Crippen MR) is 98.6 cm³/mol. The zero-order valence-corrected chi connectivity index (χ0v) is 15.2. The molecule has 1 saturated heterocycles. The molecule has 21 heavy (non-hydrogen) atoms. The molecule has 1 aliphatic rings. The van der Waals surface area contributed by atoms with E-state index in [0.29, 0.717) is 12.5 Å². The fourth-order valence-corrected chi connectivity index (χ4v) is 2.54. The molecule has 1 aromatic rings. The first-order valence-corrected chi connectivity index (χ1v) is 7.37. The number of halogens is 1. The highest BCUT2D eigenvalue weighted by Gasteiger charge is 2.16. The Balaban J connectivity index is 0.00000220. The van der Waals surface area contributed by atoms with E-state index in [9.17, 15) is 0 Å². The van der Waals surface area contributed by atoms with Crippen LogP contribution in [0.25, 0.3) is 0 Å². The number of methoxy groups -OCH3 is 1. The van der Waals surface area contributed by atoms with Gasteiger partial charge < -0.3 is 15.4 Å². The third-order valence-corrected chi connectivity index (χ3v) is 3.96. The van der Waals surface area contributed by atoms with Crippen molar-refractivity contribution >= 4 is 29.9 Å². The van der Waals surface area contributed by atoms with E-state index in [2.05, 4.69) is 22.9 Å². The molecular formula is C16H26IN3O. The molecule has 0 radical (unpaired) electrons. The van der Waals surface area contributed by atoms with Crippen LogP contribution in [-0.2, 0) is 6.42 Å². The van der Waals surface area contributed by atoms with Gasteiger partial charge in [0.2, 0.25) is 0 Å². The van der Waals surface area contributed by atoms with Crippen LogP contribution in [0.4, 0.5) is 0 Å². The molecule has 0 aliphatic carbocycles. The number of hydrogen-bond acceptors (Lipinski definition) is 2. The molecule has 5 heteroatoms. The van der Waals surface area contributed by atoms with Gasteiger partial charge in [-0.2, -0.15) is 0 Å². The number of hydrogen-bond donors (Lipinski definition) is 1. The molecule has 2 N–H and O–H groups in total. The Morgan fingerprint density at radius 2 is 2.00 bits per heavy atom. The van der Waals surface area contributed by atoms with Crippen LogP contribution in [0, 0.1) is 5.92 Å². The molecule has 0 unspecified atom stereocenters. The van der Waals surface area contributed by atoms with E-state index in [1.54, 1.807) is 7.11 Å². The largest absolute Gasteiger partial charge is 0.496 e. The molecule has 118 valence electrons. The molecular weight excluding hydrogens is 377 g/mol. The number of nitrogens with zero attached hydrogens (tertiary/aromatic N) is 2. The van der Waals surface area contributed by atoms with Crippen molar-refractivity contribution in [3.63, 3.8) is 0 Å². The lowest BCUT2D eigenvalue weighted by Crippen LogP contribution is -2.42. The second kappa shape index (κ2) is 9.12. The summed E-state index contributed by atoms with van der Waals surface area (Å²) in [5, 5.41) is 0. The summed E-state index contributed by atoms with van der Waals surface area (Å²) in [6.45, 7) is 5.07. The van der Waals surface area contributed by atoms with Crippen molar-refractivity contribution < 1.29 is 4.74 Å². The Bertz CT molecular complexity index is 457. The van der Waals surface area contributed by atoms with Gasteiger partial charge in [0, 0.05) is 19.6 Å². The highest BCUT2D eigenvalue weighted by molar-refractivity contribution is 14.0. The molecule has 1 aromatic carbocycles. The number of ether oxygens (including phenoxy) is 1. The van der Waals surface area contributed by atoms with Crippen LogP contribution in [0.3, 0.4) is 0 Å². The van der Waals surface area contributed by atoms with Gasteiger partial charge in [-0.15, -0.1) is 24.0 Å². The lowest BCUT2D eigenvalue weighted by atomic mass is 10.00. The summed E-state index contributed by atoms with van der Waals surface area (Å²) in [6, 6.07) is 8.06. The second-order valence-electron chi connectivity index (χ2n) is 5.47. The monoisotopic (exact) mass is 403 g/mol. The molecule has 0 amide bonds. The molecule has 0 bridgehead atoms. The molecule has 2 rings (SSSR count). The number of nitrogens with two attached hydrogens (primary N) is 1. The Kier molecular flexibility index (Phi) is 7.85. The van der Waals surface area contributed by atoms with Crippen molar-refractivity contribution in [3.8, 4) is 5.75 Å². The first-order chi connectivity index (χ1) is 9.70. The van der Waals surface area contributed by atoms with Gasteiger partial charge in [-0.3, -0.25) is 4.99 Å². The quantitative estimate of drug-likeness (QED) is 0.478. The van der Waals surface area contributed by atoms with Crippen LogP contribution < -0.4 is 10.5 Å². The van der Waals surface area contributed by atoms with Crippen molar-refractivity contribution in [1.82, 2.24) is 4.90 Å². The summed E-state index contributed by atoms with van der Waals surface area (Å²) in [7, 11) is 1.70. The standard InChI is InChI=1S/C16H25N3O.HI/c1-13-8-11-19(12-9-13)16(17)18-10-7-14-5-3-4-6-15(14)20-2;/h3-6,13H,7-12H2,1-2H3,(H2,17,18);1H. The third kappa shape index (κ3) is 5.37. The van der Waals surface area contributed by atoms with Gasteiger partial charge in [0.15, 0.2) is 5.96 Å². The lowest BCUT2D eigenvalue weighted by molar-refractivity contribution is 0.277. The van der Waals surface area contributed by atoms with E-state index in [1.165, 1.54) is 18.4 Å². The van der Waals surface area contributed by atoms with Crippen molar-refractivity contribution in [2.24, 2.45) is 16.6 Å². The highest BCUT2D eigenvalue weighted by Crippen LogP contribution is 2.18. The Hall–Kier alpha value is -0.980. The van der Waals surface area contributed by atoms with Crippen molar-refractivity contribution in [2.75, 3.05) is 26.7 Å². The van der Waals surface area contributed by atoms with Crippen LogP contribution >= 0.6 is 24.0 Å². The Labute approximate surface area is 144 Å². The summed E-state index contributed by atoms with van der Waals surface area (Å²) in [6.07, 6.45) is 3.28. The maximum absolute atomic E-state index is 6.07. The maximum Gasteiger partial charge on any atom is 0.191 e. The van der Waals surface area contributed by atoms with Crippen LogP contribution in [0.2, 0.25) is 0 Å². The summed E-state index contributed by atoms with van der Waals surface area (Å²) in [5.41, 5.74) is 7.25. The number of benzene rings is 1. The van der Waals surface area contributed by atoms with Gasteiger partial charge in [-0.25, -0.2) is 0 Å². The van der Waals surface area contributed by atoms with E-state index in [0.717, 1.165) is 31.2 Å². The minimum atomic E-state index is 0. The Morgan fingerprint density at radius 1 is 1.33 bits per heavy atom. The average Bonchev–Trinajstić information content (AvgIpc) is 2.48. The highest BCUT2D eigenvalue weighted by atomic mass is 127. The molecule has 1 heterocycles. The SMILES string of the molecule is COc1ccccc1CCN=C(N)N1CCC(C)CC1.I. The van der Waals surface area contributed by atoms with Crippen molar-refractivity contribution in [2.45, 2.75) is 26.2 Å². The number of likely N-dealkylation sites (tertiary alicyclic amines) is 1. The fraction of sp³-hybridized carbons (Fsp3) is 0.562. The van der Waals surface area contributed by atoms with E-state index < -0.39 is 0 Å². The zero-order valence-electron chi connectivity index (χ0n) is 12.9. The van der Waals surface area contributed by atoms with E-state index in [4.69, 9.17) is 10.5 Å². The molecule has 0 atom stereocenters. The third-order valence-electron chi connectivity index (χ3n) is 3.96. The predicted octanol–water partition coefficient (Wildman–Crippen LogP) is 2.90. The van der Waals surface area contributed by atoms with Crippen molar-refractivity contribution in [1.29, 1.82) is 0 Å². The fourth-order valence-electron chi connectivity index (χ4n) is 2.54. The molecule has 0 saturated carbocycles. The second-order valence-corrected chi connectivity index (χ2v) is 5.47. The van der Waals surface area contributed by atoms with Crippen LogP contribution in [-0.4, -0.2) is 37.6 Å². The first kappa shape index (κ1) is 18.1. The molecule has 1 aliphatic heterocycles. The Morgan fingerprint density at radius 3 is 2.67 bits per heavy atom. The molecule has 0 spiro atoms. The number of guanidine groups is 1. The number of aliphatic imine (C=N–C) groups is 1. The summed E-state index contributed by atoms with van der Waals surface area (Å²) < 4.78 is 5.34. The molecule has 4 nitrogen and oxygen atoms in total. The van der Waals surface area contributed by atoms with Gasteiger partial charge >= 0.3 is 0 Å².